The lowest BCUT2D eigenvalue weighted by Crippen LogP contribution is -2.46. The molecule has 218 valence electrons. The van der Waals surface area contributed by atoms with Crippen LogP contribution in [0.15, 0.2) is 114 Å². The van der Waals surface area contributed by atoms with Crippen molar-refractivity contribution in [1.29, 1.82) is 0 Å². The predicted molar refractivity (Wildman–Crippen MR) is 166 cm³/mol. The normalized spacial score (nSPS) is 17.6. The van der Waals surface area contributed by atoms with E-state index in [0.29, 0.717) is 16.9 Å². The maximum absolute atomic E-state index is 13.7. The molecule has 1 fully saturated rings. The smallest absolute Gasteiger partial charge is 0.261 e. The highest BCUT2D eigenvalue weighted by Gasteiger charge is 2.41. The van der Waals surface area contributed by atoms with Gasteiger partial charge in [0.1, 0.15) is 5.37 Å². The zero-order valence-corrected chi connectivity index (χ0v) is 24.8. The minimum atomic E-state index is -3.95. The van der Waals surface area contributed by atoms with E-state index in [1.807, 2.05) is 60.7 Å². The molecule has 0 spiro atoms. The third kappa shape index (κ3) is 5.73. The summed E-state index contributed by atoms with van der Waals surface area (Å²) in [5.74, 6) is -0.686. The highest BCUT2D eigenvalue weighted by molar-refractivity contribution is 8.02. The Morgan fingerprint density at radius 2 is 1.35 bits per heavy atom. The van der Waals surface area contributed by atoms with Gasteiger partial charge in [-0.25, -0.2) is 8.42 Å². The summed E-state index contributed by atoms with van der Waals surface area (Å²) >= 11 is 1.27. The number of amides is 3. The Labute approximate surface area is 254 Å². The number of hydrogen-bond acceptors (Lipinski definition) is 6. The fourth-order valence-electron chi connectivity index (χ4n) is 5.44. The van der Waals surface area contributed by atoms with Crippen LogP contribution >= 0.6 is 11.8 Å². The monoisotopic (exact) mass is 611 g/mol. The number of rotatable bonds is 9. The molecule has 2 atom stereocenters. The lowest BCUT2D eigenvalue weighted by molar-refractivity contribution is -0.122. The average molecular weight is 612 g/mol. The summed E-state index contributed by atoms with van der Waals surface area (Å²) in [4.78, 5) is 40.8. The van der Waals surface area contributed by atoms with Crippen LogP contribution in [0.3, 0.4) is 0 Å². The molecular formula is C33H29N3O5S2. The molecule has 2 unspecified atom stereocenters. The standard InChI is InChI=1S/C33H29N3O5S2/c37-30(33-36(21-22-42-33)43(40,41)26-17-15-24(16-18-26)23-9-3-1-4-10-23)34-29(25-11-5-2-6-12-25)19-20-35-31(38)27-13-7-8-14-28(27)32(35)39/h1-18,29,33H,19-22H2,(H,34,37). The Balaban J connectivity index is 1.18. The van der Waals surface area contributed by atoms with E-state index in [1.165, 1.54) is 21.0 Å². The van der Waals surface area contributed by atoms with Gasteiger partial charge in [-0.2, -0.15) is 4.31 Å². The maximum atomic E-state index is 13.7. The van der Waals surface area contributed by atoms with Gasteiger partial charge >= 0.3 is 0 Å². The molecule has 43 heavy (non-hydrogen) atoms. The molecular weight excluding hydrogens is 583 g/mol. The Kier molecular flexibility index (Phi) is 8.16. The SMILES string of the molecule is O=C(NC(CCN1C(=O)c2ccccc2C1=O)c1ccccc1)C1SCCN1S(=O)(=O)c1ccc(-c2ccccc2)cc1. The van der Waals surface area contributed by atoms with Gasteiger partial charge in [0.25, 0.3) is 11.8 Å². The highest BCUT2D eigenvalue weighted by Crippen LogP contribution is 2.32. The second-order valence-corrected chi connectivity index (χ2v) is 13.4. The van der Waals surface area contributed by atoms with E-state index in [1.54, 1.807) is 48.5 Å². The molecule has 1 saturated heterocycles. The summed E-state index contributed by atoms with van der Waals surface area (Å²) in [5.41, 5.74) is 3.41. The van der Waals surface area contributed by atoms with Gasteiger partial charge in [0.05, 0.1) is 22.1 Å². The summed E-state index contributed by atoms with van der Waals surface area (Å²) in [6.45, 7) is 0.302. The third-order valence-corrected chi connectivity index (χ3v) is 10.9. The van der Waals surface area contributed by atoms with Crippen LogP contribution in [0.25, 0.3) is 11.1 Å². The molecule has 2 aliphatic heterocycles. The molecule has 0 bridgehead atoms. The molecule has 0 aromatic heterocycles. The van der Waals surface area contributed by atoms with E-state index in [0.717, 1.165) is 16.7 Å². The molecule has 1 N–H and O–H groups in total. The van der Waals surface area contributed by atoms with E-state index < -0.39 is 27.3 Å². The molecule has 0 aliphatic carbocycles. The number of nitrogens with zero attached hydrogens (tertiary/aromatic N) is 2. The van der Waals surface area contributed by atoms with Crippen molar-refractivity contribution in [2.24, 2.45) is 0 Å². The molecule has 2 aliphatic rings. The van der Waals surface area contributed by atoms with Crippen LogP contribution in [0, 0.1) is 0 Å². The first-order valence-electron chi connectivity index (χ1n) is 13.9. The third-order valence-electron chi connectivity index (χ3n) is 7.68. The second-order valence-electron chi connectivity index (χ2n) is 10.3. The molecule has 4 aromatic rings. The predicted octanol–water partition coefficient (Wildman–Crippen LogP) is 4.96. The van der Waals surface area contributed by atoms with Crippen molar-refractivity contribution in [3.05, 3.63) is 126 Å². The molecule has 3 amide bonds. The van der Waals surface area contributed by atoms with Crippen LogP contribution in [0.2, 0.25) is 0 Å². The van der Waals surface area contributed by atoms with Crippen LogP contribution < -0.4 is 5.32 Å². The number of benzene rings is 4. The summed E-state index contributed by atoms with van der Waals surface area (Å²) in [6, 6.07) is 31.8. The van der Waals surface area contributed by atoms with E-state index in [4.69, 9.17) is 0 Å². The number of nitrogens with one attached hydrogen (secondary N) is 1. The fraction of sp³-hybridized carbons (Fsp3) is 0.182. The lowest BCUT2D eigenvalue weighted by Gasteiger charge is -2.27. The van der Waals surface area contributed by atoms with Gasteiger partial charge in [-0.1, -0.05) is 84.9 Å². The number of hydrogen-bond donors (Lipinski definition) is 1. The quantitative estimate of drug-likeness (QED) is 0.269. The first kappa shape index (κ1) is 28.9. The van der Waals surface area contributed by atoms with Gasteiger partial charge in [0.2, 0.25) is 15.9 Å². The highest BCUT2D eigenvalue weighted by atomic mass is 32.2. The second kappa shape index (κ2) is 12.2. The Hall–Kier alpha value is -4.25. The first-order valence-corrected chi connectivity index (χ1v) is 16.4. The van der Waals surface area contributed by atoms with Crippen LogP contribution in [0.4, 0.5) is 0 Å². The number of carbonyl (C=O) groups is 3. The van der Waals surface area contributed by atoms with Gasteiger partial charge in [-0.3, -0.25) is 19.3 Å². The molecule has 6 rings (SSSR count). The van der Waals surface area contributed by atoms with Gasteiger partial charge in [0.15, 0.2) is 0 Å². The van der Waals surface area contributed by atoms with Gasteiger partial charge in [0, 0.05) is 18.8 Å². The van der Waals surface area contributed by atoms with Gasteiger partial charge in [-0.05, 0) is 47.4 Å². The molecule has 10 heteroatoms. The van der Waals surface area contributed by atoms with Crippen molar-refractivity contribution in [3.8, 4) is 11.1 Å². The summed E-state index contributed by atoms with van der Waals surface area (Å²) in [6.07, 6.45) is 0.270. The lowest BCUT2D eigenvalue weighted by atomic mass is 10.0. The molecule has 4 aromatic carbocycles. The van der Waals surface area contributed by atoms with Crippen molar-refractivity contribution in [2.45, 2.75) is 22.7 Å². The minimum absolute atomic E-state index is 0.0970. The number of thioether (sulfide) groups is 1. The van der Waals surface area contributed by atoms with Crippen molar-refractivity contribution >= 4 is 39.5 Å². The topological polar surface area (TPSA) is 104 Å². The van der Waals surface area contributed by atoms with E-state index in [9.17, 15) is 22.8 Å². The van der Waals surface area contributed by atoms with Crippen molar-refractivity contribution in [2.75, 3.05) is 18.8 Å². The van der Waals surface area contributed by atoms with Crippen molar-refractivity contribution in [1.82, 2.24) is 14.5 Å². The number of carbonyl (C=O) groups excluding carboxylic acids is 3. The summed E-state index contributed by atoms with van der Waals surface area (Å²) in [7, 11) is -3.95. The number of sulfonamides is 1. The van der Waals surface area contributed by atoms with Crippen LogP contribution in [-0.4, -0.2) is 59.6 Å². The van der Waals surface area contributed by atoms with Crippen molar-refractivity contribution < 1.29 is 22.8 Å². The van der Waals surface area contributed by atoms with Crippen LogP contribution in [0.1, 0.15) is 38.7 Å². The maximum Gasteiger partial charge on any atom is 0.261 e. The van der Waals surface area contributed by atoms with E-state index in [2.05, 4.69) is 5.32 Å². The van der Waals surface area contributed by atoms with Gasteiger partial charge in [-0.15, -0.1) is 11.8 Å². The average Bonchev–Trinajstić information content (AvgIpc) is 3.64. The molecule has 2 heterocycles. The Morgan fingerprint density at radius 1 is 0.791 bits per heavy atom. The summed E-state index contributed by atoms with van der Waals surface area (Å²) in [5, 5.41) is 2.06. The van der Waals surface area contributed by atoms with E-state index >= 15 is 0 Å². The molecule has 0 radical (unpaired) electrons. The summed E-state index contributed by atoms with van der Waals surface area (Å²) < 4.78 is 28.6. The number of fused-ring (bicyclic) bond motifs is 1. The molecule has 8 nitrogen and oxygen atoms in total. The van der Waals surface area contributed by atoms with Crippen molar-refractivity contribution in [3.63, 3.8) is 0 Å². The van der Waals surface area contributed by atoms with Crippen LogP contribution in [0.5, 0.6) is 0 Å². The number of imide groups is 1. The largest absolute Gasteiger partial charge is 0.347 e. The van der Waals surface area contributed by atoms with Gasteiger partial charge < -0.3 is 5.32 Å². The first-order chi connectivity index (χ1) is 20.8. The Morgan fingerprint density at radius 3 is 1.98 bits per heavy atom. The zero-order valence-electron chi connectivity index (χ0n) is 23.1. The van der Waals surface area contributed by atoms with E-state index in [-0.39, 0.29) is 36.2 Å². The molecule has 0 saturated carbocycles. The fourth-order valence-corrected chi connectivity index (χ4v) is 8.53. The van der Waals surface area contributed by atoms with Crippen LogP contribution in [-0.2, 0) is 14.8 Å². The zero-order chi connectivity index (χ0) is 30.0. The Bertz CT molecular complexity index is 1730. The minimum Gasteiger partial charge on any atom is -0.347 e.